The van der Waals surface area contributed by atoms with Gasteiger partial charge in [0.15, 0.2) is 34.5 Å². The fourth-order valence-corrected chi connectivity index (χ4v) is 13.7. The molecule has 4 aliphatic carbocycles. The van der Waals surface area contributed by atoms with E-state index in [0.717, 1.165) is 59.8 Å². The third-order valence-electron chi connectivity index (χ3n) is 16.4. The molecule has 1 spiro atoms. The molecule has 13 heteroatoms. The number of rotatable bonds is 7. The summed E-state index contributed by atoms with van der Waals surface area (Å²) in [4.78, 5) is 68.0. The van der Waals surface area contributed by atoms with Crippen molar-refractivity contribution in [2.45, 2.75) is 160 Å². The predicted octanol–water partition coefficient (Wildman–Crippen LogP) is 2.63. The topological polar surface area (TPSA) is 203 Å². The standard InChI is InChI=1S/C41H60O13/c1-20-11-14-37(51-19-20)21(2)33-31(53-37)16-29-28-10-9-26-15-27(12-13-35(26,7)34(28)30(47)17-36(29,33)8)52-41(25(6)46)40(50,24(5)45)39(49,23(4)44)38(48,22(3)43)32(18-42)54-41/h20-21,26-29,31-34,42,48-50H,9-19H2,1-8H3/t20-,21+,26+,27+,28+,29+,31+,32-,33+,34-,35+,36+,37-,38-,39+,40-,41-/m1/s1. The Hall–Kier alpha value is -1.97. The number of fused-ring (bicyclic) bond motifs is 7. The minimum absolute atomic E-state index is 0.0416. The smallest absolute Gasteiger partial charge is 0.270 e. The van der Waals surface area contributed by atoms with Crippen LogP contribution in [-0.2, 0) is 42.9 Å². The van der Waals surface area contributed by atoms with Crippen molar-refractivity contribution in [2.75, 3.05) is 13.2 Å². The van der Waals surface area contributed by atoms with Crippen LogP contribution in [0.4, 0.5) is 0 Å². The van der Waals surface area contributed by atoms with Crippen LogP contribution < -0.4 is 0 Å². The molecule has 7 fully saturated rings. The fourth-order valence-electron chi connectivity index (χ4n) is 13.7. The number of hydrogen-bond acceptors (Lipinski definition) is 13. The molecule has 13 nitrogen and oxygen atoms in total. The van der Waals surface area contributed by atoms with Gasteiger partial charge >= 0.3 is 0 Å². The number of Topliss-reactive ketones (excluding diaryl/α,β-unsaturated/α-hetero) is 5. The second kappa shape index (κ2) is 12.8. The summed E-state index contributed by atoms with van der Waals surface area (Å²) in [7, 11) is 0. The largest absolute Gasteiger partial charge is 0.394 e. The van der Waals surface area contributed by atoms with Crippen molar-refractivity contribution in [1.29, 1.82) is 0 Å². The number of aliphatic hydroxyl groups is 4. The van der Waals surface area contributed by atoms with E-state index >= 15 is 0 Å². The van der Waals surface area contributed by atoms with Crippen LogP contribution in [0.3, 0.4) is 0 Å². The van der Waals surface area contributed by atoms with Gasteiger partial charge < -0.3 is 39.4 Å². The molecular formula is C41H60O13. The van der Waals surface area contributed by atoms with Gasteiger partial charge in [0.2, 0.25) is 11.2 Å². The maximum Gasteiger partial charge on any atom is 0.270 e. The number of hydrogen-bond donors (Lipinski definition) is 4. The Kier molecular flexibility index (Phi) is 9.51. The van der Waals surface area contributed by atoms with Crippen LogP contribution >= 0.6 is 0 Å². The van der Waals surface area contributed by atoms with E-state index in [2.05, 4.69) is 27.7 Å². The Bertz CT molecular complexity index is 1620. The van der Waals surface area contributed by atoms with E-state index in [4.69, 9.17) is 18.9 Å². The molecule has 0 aromatic rings. The second-order valence-corrected chi connectivity index (χ2v) is 19.0. The normalized spacial score (nSPS) is 54.0. The van der Waals surface area contributed by atoms with Gasteiger partial charge in [0.1, 0.15) is 11.9 Å². The van der Waals surface area contributed by atoms with Crippen molar-refractivity contribution < 1.29 is 63.3 Å². The number of ether oxygens (including phenoxy) is 4. The highest BCUT2D eigenvalue weighted by Crippen LogP contribution is 2.71. The van der Waals surface area contributed by atoms with Crippen LogP contribution in [0.25, 0.3) is 0 Å². The van der Waals surface area contributed by atoms with Gasteiger partial charge in [-0.15, -0.1) is 0 Å². The first-order chi connectivity index (χ1) is 25.1. The lowest BCUT2D eigenvalue weighted by atomic mass is 9.44. The van der Waals surface area contributed by atoms with Gasteiger partial charge in [0.05, 0.1) is 25.4 Å². The van der Waals surface area contributed by atoms with Crippen LogP contribution in [0.5, 0.6) is 0 Å². The maximum atomic E-state index is 14.6. The van der Waals surface area contributed by atoms with Gasteiger partial charge in [-0.3, -0.25) is 24.0 Å². The lowest BCUT2D eigenvalue weighted by Gasteiger charge is -2.63. The van der Waals surface area contributed by atoms with Crippen LogP contribution in [0.15, 0.2) is 0 Å². The van der Waals surface area contributed by atoms with Crippen molar-refractivity contribution in [3.05, 3.63) is 0 Å². The Labute approximate surface area is 317 Å². The number of carbonyl (C=O) groups excluding carboxylic acids is 5. The lowest BCUT2D eigenvalue weighted by molar-refractivity contribution is -0.409. The zero-order valence-corrected chi connectivity index (χ0v) is 33.0. The molecule has 7 rings (SSSR count). The summed E-state index contributed by atoms with van der Waals surface area (Å²) in [5.41, 5.74) is -11.2. The van der Waals surface area contributed by atoms with Crippen molar-refractivity contribution in [1.82, 2.24) is 0 Å². The van der Waals surface area contributed by atoms with E-state index < -0.39 is 75.7 Å². The molecule has 3 aliphatic heterocycles. The molecule has 7 aliphatic rings. The molecule has 302 valence electrons. The first-order valence-corrected chi connectivity index (χ1v) is 20.1. The zero-order valence-electron chi connectivity index (χ0n) is 33.0. The van der Waals surface area contributed by atoms with Crippen LogP contribution in [0.2, 0.25) is 0 Å². The van der Waals surface area contributed by atoms with Gasteiger partial charge in [0, 0.05) is 31.6 Å². The Morgan fingerprint density at radius 1 is 0.815 bits per heavy atom. The summed E-state index contributed by atoms with van der Waals surface area (Å²) in [5.74, 6) is -7.42. The van der Waals surface area contributed by atoms with E-state index in [0.29, 0.717) is 37.7 Å². The van der Waals surface area contributed by atoms with Gasteiger partial charge in [0.25, 0.3) is 5.79 Å². The molecule has 3 heterocycles. The lowest BCUT2D eigenvalue weighted by Crippen LogP contribution is -2.91. The number of carbonyl (C=O) groups is 5. The SMILES string of the molecule is CC(=O)[C@@]1(O[C@H]2CC[C@@]3(C)[C@@H](CC[C@H]4[C@@H]5C[C@@H]6O[C@]7(CC[C@@H](C)CO7)[C@@H](C)[C@@H]6[C@@]5(C)CC(=O)[C@@H]43)C2)O[C@H](CO)[C@](O)(C(C)=O)[C@@](O)(C(C)=O)[C@]1(O)C(C)=O. The summed E-state index contributed by atoms with van der Waals surface area (Å²) in [5, 5.41) is 46.2. The maximum absolute atomic E-state index is 14.6. The molecule has 0 aromatic carbocycles. The Morgan fingerprint density at radius 2 is 1.48 bits per heavy atom. The molecule has 4 N–H and O–H groups in total. The number of aliphatic hydroxyl groups excluding tert-OH is 1. The van der Waals surface area contributed by atoms with Gasteiger partial charge in [-0.2, -0.15) is 0 Å². The van der Waals surface area contributed by atoms with Crippen LogP contribution in [0.1, 0.15) is 113 Å². The van der Waals surface area contributed by atoms with Crippen molar-refractivity contribution >= 4 is 28.9 Å². The molecule has 3 saturated heterocycles. The first kappa shape index (κ1) is 40.2. The Morgan fingerprint density at radius 3 is 2.04 bits per heavy atom. The molecule has 54 heavy (non-hydrogen) atoms. The molecule has 0 aromatic heterocycles. The minimum Gasteiger partial charge on any atom is -0.394 e. The van der Waals surface area contributed by atoms with Crippen molar-refractivity contribution in [2.24, 2.45) is 52.3 Å². The van der Waals surface area contributed by atoms with Crippen LogP contribution in [0, 0.1) is 52.3 Å². The molecular weight excluding hydrogens is 700 g/mol. The van der Waals surface area contributed by atoms with Crippen molar-refractivity contribution in [3.63, 3.8) is 0 Å². The molecule has 0 amide bonds. The van der Waals surface area contributed by atoms with Gasteiger partial charge in [-0.05, 0) is 106 Å². The summed E-state index contributed by atoms with van der Waals surface area (Å²) in [6.07, 6.45) is 3.02. The summed E-state index contributed by atoms with van der Waals surface area (Å²) < 4.78 is 25.5. The summed E-state index contributed by atoms with van der Waals surface area (Å²) >= 11 is 0. The first-order valence-electron chi connectivity index (χ1n) is 20.1. The quantitative estimate of drug-likeness (QED) is 0.276. The Balaban J connectivity index is 1.16. The van der Waals surface area contributed by atoms with E-state index in [1.54, 1.807) is 0 Å². The average molecular weight is 761 g/mol. The minimum atomic E-state index is -3.64. The summed E-state index contributed by atoms with van der Waals surface area (Å²) in [6, 6.07) is 0. The van der Waals surface area contributed by atoms with E-state index in [1.165, 1.54) is 0 Å². The predicted molar refractivity (Wildman–Crippen MR) is 189 cm³/mol. The van der Waals surface area contributed by atoms with E-state index in [-0.39, 0.29) is 53.3 Å². The zero-order chi connectivity index (χ0) is 39.8. The molecule has 4 saturated carbocycles. The monoisotopic (exact) mass is 760 g/mol. The highest BCUT2D eigenvalue weighted by Gasteiger charge is 2.85. The third-order valence-corrected chi connectivity index (χ3v) is 16.4. The summed E-state index contributed by atoms with van der Waals surface area (Å²) in [6.45, 7) is 11.7. The highest BCUT2D eigenvalue weighted by molar-refractivity contribution is 6.09. The highest BCUT2D eigenvalue weighted by atomic mass is 16.7. The average Bonchev–Trinajstić information content (AvgIpc) is 3.54. The fraction of sp³-hybridized carbons (Fsp3) is 0.878. The van der Waals surface area contributed by atoms with E-state index in [1.807, 2.05) is 0 Å². The van der Waals surface area contributed by atoms with Gasteiger partial charge in [-0.1, -0.05) is 27.7 Å². The van der Waals surface area contributed by atoms with Gasteiger partial charge in [-0.25, -0.2) is 0 Å². The molecule has 0 unspecified atom stereocenters. The third kappa shape index (κ3) is 4.82. The molecule has 17 atom stereocenters. The van der Waals surface area contributed by atoms with Crippen LogP contribution in [-0.4, -0.2) is 109 Å². The second-order valence-electron chi connectivity index (χ2n) is 19.0. The van der Waals surface area contributed by atoms with E-state index in [9.17, 15) is 44.4 Å². The number of ketones is 5. The van der Waals surface area contributed by atoms with Crippen molar-refractivity contribution in [3.8, 4) is 0 Å². The molecule has 0 radical (unpaired) electrons. The molecule has 0 bridgehead atoms.